The maximum atomic E-state index is 13.5. The van der Waals surface area contributed by atoms with Crippen LogP contribution in [0.25, 0.3) is 0 Å². The van der Waals surface area contributed by atoms with Crippen molar-refractivity contribution in [2.24, 2.45) is 5.92 Å². The molecule has 0 bridgehead atoms. The zero-order valence-corrected chi connectivity index (χ0v) is 11.5. The summed E-state index contributed by atoms with van der Waals surface area (Å²) < 4.78 is 31.9. The van der Waals surface area contributed by atoms with E-state index in [1.165, 1.54) is 0 Å². The predicted molar refractivity (Wildman–Crippen MR) is 71.8 cm³/mol. The number of nitro groups is 1. The Hall–Kier alpha value is -1.76. The van der Waals surface area contributed by atoms with Crippen molar-refractivity contribution in [1.82, 2.24) is 0 Å². The first kappa shape index (κ1) is 16.3. The van der Waals surface area contributed by atoms with Crippen molar-refractivity contribution in [3.8, 4) is 0 Å². The van der Waals surface area contributed by atoms with E-state index in [2.05, 4.69) is 19.2 Å². The zero-order valence-electron chi connectivity index (χ0n) is 11.5. The van der Waals surface area contributed by atoms with Crippen molar-refractivity contribution >= 4 is 11.4 Å². The average Bonchev–Trinajstić information content (AvgIpc) is 2.37. The maximum Gasteiger partial charge on any atom is 0.295 e. The Morgan fingerprint density at radius 1 is 1.35 bits per heavy atom. The number of nitro benzene ring substituents is 1. The highest BCUT2D eigenvalue weighted by Gasteiger charge is 2.20. The van der Waals surface area contributed by atoms with Gasteiger partial charge in [-0.2, -0.15) is 0 Å². The highest BCUT2D eigenvalue weighted by atomic mass is 19.2. The number of hydrogen-bond acceptors (Lipinski definition) is 4. The Balaban J connectivity index is 2.54. The van der Waals surface area contributed by atoms with E-state index in [1.54, 1.807) is 0 Å². The monoisotopic (exact) mass is 288 g/mol. The molecule has 1 rings (SSSR count). The van der Waals surface area contributed by atoms with Crippen molar-refractivity contribution in [2.45, 2.75) is 20.3 Å². The van der Waals surface area contributed by atoms with Crippen LogP contribution in [0.15, 0.2) is 12.1 Å². The zero-order chi connectivity index (χ0) is 15.1. The van der Waals surface area contributed by atoms with Gasteiger partial charge < -0.3 is 10.1 Å². The molecule has 0 aliphatic rings. The largest absolute Gasteiger partial charge is 0.380 e. The summed E-state index contributed by atoms with van der Waals surface area (Å²) >= 11 is 0. The molecule has 1 N–H and O–H groups in total. The van der Waals surface area contributed by atoms with E-state index in [4.69, 9.17) is 4.74 Å². The van der Waals surface area contributed by atoms with Crippen molar-refractivity contribution in [2.75, 3.05) is 25.1 Å². The summed E-state index contributed by atoms with van der Waals surface area (Å²) in [4.78, 5) is 9.98. The Morgan fingerprint density at radius 2 is 2.05 bits per heavy atom. The smallest absolute Gasteiger partial charge is 0.295 e. The van der Waals surface area contributed by atoms with E-state index < -0.39 is 27.9 Å². The van der Waals surface area contributed by atoms with E-state index in [9.17, 15) is 18.9 Å². The van der Waals surface area contributed by atoms with Gasteiger partial charge in [0.25, 0.3) is 5.69 Å². The minimum Gasteiger partial charge on any atom is -0.380 e. The molecule has 0 saturated carbocycles. The summed E-state index contributed by atoms with van der Waals surface area (Å²) in [6, 6.07) is 1.66. The van der Waals surface area contributed by atoms with Crippen LogP contribution in [0.5, 0.6) is 0 Å². The second-order valence-electron chi connectivity index (χ2n) is 4.73. The van der Waals surface area contributed by atoms with Gasteiger partial charge in [-0.25, -0.2) is 8.78 Å². The van der Waals surface area contributed by atoms with Crippen LogP contribution in [0.3, 0.4) is 0 Å². The van der Waals surface area contributed by atoms with Gasteiger partial charge in [0.05, 0.1) is 11.5 Å². The number of ether oxygens (including phenoxy) is 1. The maximum absolute atomic E-state index is 13.5. The van der Waals surface area contributed by atoms with Crippen molar-refractivity contribution in [3.63, 3.8) is 0 Å². The number of anilines is 1. The van der Waals surface area contributed by atoms with Crippen LogP contribution >= 0.6 is 0 Å². The minimum atomic E-state index is -1.25. The quantitative estimate of drug-likeness (QED) is 0.452. The van der Waals surface area contributed by atoms with Gasteiger partial charge in [-0.15, -0.1) is 0 Å². The Labute approximate surface area is 116 Å². The third-order valence-corrected chi connectivity index (χ3v) is 2.66. The SMILES string of the molecule is CC(C)CCOCCNc1c([N+](=O)[O-])ccc(F)c1F. The van der Waals surface area contributed by atoms with E-state index in [1.807, 2.05) is 0 Å². The lowest BCUT2D eigenvalue weighted by Gasteiger charge is -2.10. The van der Waals surface area contributed by atoms with Crippen LogP contribution in [0.2, 0.25) is 0 Å². The molecule has 5 nitrogen and oxygen atoms in total. The van der Waals surface area contributed by atoms with Gasteiger partial charge in [0.1, 0.15) is 0 Å². The van der Waals surface area contributed by atoms with Gasteiger partial charge in [0.2, 0.25) is 0 Å². The molecule has 0 aliphatic carbocycles. The minimum absolute atomic E-state index is 0.166. The number of nitrogens with zero attached hydrogens (tertiary/aromatic N) is 1. The van der Waals surface area contributed by atoms with Gasteiger partial charge >= 0.3 is 0 Å². The molecule has 112 valence electrons. The van der Waals surface area contributed by atoms with Gasteiger partial charge in [0, 0.05) is 19.2 Å². The molecule has 0 fully saturated rings. The van der Waals surface area contributed by atoms with Gasteiger partial charge in [-0.05, 0) is 18.4 Å². The number of hydrogen-bond donors (Lipinski definition) is 1. The Bertz CT molecular complexity index is 467. The third kappa shape index (κ3) is 4.73. The normalized spacial score (nSPS) is 10.8. The molecule has 0 radical (unpaired) electrons. The molecular formula is C13H18F2N2O3. The molecule has 0 unspecified atom stereocenters. The highest BCUT2D eigenvalue weighted by molar-refractivity contribution is 5.62. The topological polar surface area (TPSA) is 64.4 Å². The number of halogens is 2. The molecule has 0 aromatic heterocycles. The van der Waals surface area contributed by atoms with E-state index in [0.717, 1.165) is 18.6 Å². The van der Waals surface area contributed by atoms with Crippen molar-refractivity contribution in [3.05, 3.63) is 33.9 Å². The molecule has 1 aromatic carbocycles. The molecule has 1 aromatic rings. The van der Waals surface area contributed by atoms with E-state index >= 15 is 0 Å². The van der Waals surface area contributed by atoms with Crippen LogP contribution < -0.4 is 5.32 Å². The summed E-state index contributed by atoms with van der Waals surface area (Å²) in [6.45, 7) is 5.12. The van der Waals surface area contributed by atoms with Gasteiger partial charge in [-0.3, -0.25) is 10.1 Å². The Kier molecular flexibility index (Phi) is 6.30. The number of nitrogens with one attached hydrogen (secondary N) is 1. The molecule has 0 heterocycles. The fourth-order valence-electron chi connectivity index (χ4n) is 1.53. The summed E-state index contributed by atoms with van der Waals surface area (Å²) in [7, 11) is 0. The van der Waals surface area contributed by atoms with Crippen LogP contribution in [-0.4, -0.2) is 24.7 Å². The lowest BCUT2D eigenvalue weighted by Crippen LogP contribution is -2.13. The Morgan fingerprint density at radius 3 is 2.65 bits per heavy atom. The fraction of sp³-hybridized carbons (Fsp3) is 0.538. The summed E-state index contributed by atoms with van der Waals surface area (Å²) in [6.07, 6.45) is 0.897. The molecule has 0 saturated heterocycles. The first-order valence-corrected chi connectivity index (χ1v) is 6.37. The third-order valence-electron chi connectivity index (χ3n) is 2.66. The first-order valence-electron chi connectivity index (χ1n) is 6.37. The van der Waals surface area contributed by atoms with Crippen LogP contribution in [0.1, 0.15) is 20.3 Å². The molecule has 7 heteroatoms. The van der Waals surface area contributed by atoms with E-state index in [-0.39, 0.29) is 13.2 Å². The molecule has 0 amide bonds. The van der Waals surface area contributed by atoms with Crippen molar-refractivity contribution < 1.29 is 18.4 Å². The average molecular weight is 288 g/mol. The number of rotatable bonds is 8. The van der Waals surface area contributed by atoms with E-state index in [0.29, 0.717) is 12.5 Å². The van der Waals surface area contributed by atoms with Crippen molar-refractivity contribution in [1.29, 1.82) is 0 Å². The molecule has 0 atom stereocenters. The highest BCUT2D eigenvalue weighted by Crippen LogP contribution is 2.28. The standard InChI is InChI=1S/C13H18F2N2O3/c1-9(2)5-7-20-8-6-16-13-11(17(18)19)4-3-10(14)12(13)15/h3-4,9,16H,5-8H2,1-2H3. The van der Waals surface area contributed by atoms with Crippen LogP contribution in [0.4, 0.5) is 20.2 Å². The lowest BCUT2D eigenvalue weighted by atomic mass is 10.1. The van der Waals surface area contributed by atoms with Crippen LogP contribution in [-0.2, 0) is 4.74 Å². The summed E-state index contributed by atoms with van der Waals surface area (Å²) in [5, 5.41) is 13.3. The lowest BCUT2D eigenvalue weighted by molar-refractivity contribution is -0.384. The molecule has 0 aliphatic heterocycles. The number of benzene rings is 1. The second-order valence-corrected chi connectivity index (χ2v) is 4.73. The molecule has 20 heavy (non-hydrogen) atoms. The molecular weight excluding hydrogens is 270 g/mol. The predicted octanol–water partition coefficient (Wildman–Crippen LogP) is 3.35. The fourth-order valence-corrected chi connectivity index (χ4v) is 1.53. The molecule has 0 spiro atoms. The van der Waals surface area contributed by atoms with Gasteiger partial charge in [0.15, 0.2) is 17.3 Å². The second kappa shape index (κ2) is 7.74. The van der Waals surface area contributed by atoms with Crippen LogP contribution in [0, 0.1) is 27.7 Å². The summed E-state index contributed by atoms with van der Waals surface area (Å²) in [5.74, 6) is -1.86. The van der Waals surface area contributed by atoms with Gasteiger partial charge in [-0.1, -0.05) is 13.8 Å². The first-order chi connectivity index (χ1) is 9.43. The summed E-state index contributed by atoms with van der Waals surface area (Å²) in [5.41, 5.74) is -0.937.